The van der Waals surface area contributed by atoms with Crippen LogP contribution in [0.3, 0.4) is 0 Å². The fraction of sp³-hybridized carbons (Fsp3) is 0.438. The van der Waals surface area contributed by atoms with Gasteiger partial charge in [0.25, 0.3) is 5.91 Å². The maximum Gasteiger partial charge on any atom is 0.252 e. The van der Waals surface area contributed by atoms with Crippen LogP contribution in [-0.2, 0) is 0 Å². The molecule has 2 rings (SSSR count). The van der Waals surface area contributed by atoms with E-state index in [1.807, 2.05) is 18.2 Å². The van der Waals surface area contributed by atoms with Gasteiger partial charge in [-0.2, -0.15) is 0 Å². The number of nitrogens with one attached hydrogen (secondary N) is 1. The Kier molecular flexibility index (Phi) is 4.59. The second kappa shape index (κ2) is 6.40. The number of carbonyl (C=O) groups excluding carboxylic acids is 1. The van der Waals surface area contributed by atoms with Crippen molar-refractivity contribution in [3.63, 3.8) is 0 Å². The molecule has 1 fully saturated rings. The fourth-order valence-electron chi connectivity index (χ4n) is 2.15. The summed E-state index contributed by atoms with van der Waals surface area (Å²) in [7, 11) is 0. The van der Waals surface area contributed by atoms with Crippen LogP contribution in [0, 0.1) is 17.8 Å². The molecule has 3 nitrogen and oxygen atoms in total. The summed E-state index contributed by atoms with van der Waals surface area (Å²) in [6.45, 7) is 2.36. The Morgan fingerprint density at radius 1 is 1.47 bits per heavy atom. The van der Waals surface area contributed by atoms with E-state index in [4.69, 9.17) is 5.73 Å². The lowest BCUT2D eigenvalue weighted by molar-refractivity contribution is 0.0937. The molecule has 3 heteroatoms. The van der Waals surface area contributed by atoms with Crippen molar-refractivity contribution in [2.24, 2.45) is 11.7 Å². The summed E-state index contributed by atoms with van der Waals surface area (Å²) in [5, 5.41) is 3.05. The summed E-state index contributed by atoms with van der Waals surface area (Å²) in [6.07, 6.45) is 3.68. The van der Waals surface area contributed by atoms with Gasteiger partial charge in [-0.05, 0) is 31.4 Å². The van der Waals surface area contributed by atoms with Crippen molar-refractivity contribution in [1.29, 1.82) is 0 Å². The topological polar surface area (TPSA) is 55.1 Å². The van der Waals surface area contributed by atoms with Gasteiger partial charge >= 0.3 is 0 Å². The number of rotatable bonds is 4. The summed E-state index contributed by atoms with van der Waals surface area (Å²) in [6, 6.07) is 7.61. The van der Waals surface area contributed by atoms with Crippen LogP contribution >= 0.6 is 0 Å². The van der Waals surface area contributed by atoms with Crippen LogP contribution in [0.5, 0.6) is 0 Å². The zero-order valence-corrected chi connectivity index (χ0v) is 11.3. The first-order valence-electron chi connectivity index (χ1n) is 6.79. The molecule has 0 heterocycles. The Balaban J connectivity index is 2.04. The highest BCUT2D eigenvalue weighted by Crippen LogP contribution is 2.33. The Hall–Kier alpha value is -1.79. The molecule has 0 spiro atoms. The molecule has 0 aromatic heterocycles. The summed E-state index contributed by atoms with van der Waals surface area (Å²) in [5.41, 5.74) is 6.74. The van der Waals surface area contributed by atoms with E-state index in [1.165, 1.54) is 12.8 Å². The molecule has 1 atom stereocenters. The van der Waals surface area contributed by atoms with Crippen molar-refractivity contribution >= 4 is 5.91 Å². The number of carbonyl (C=O) groups is 1. The zero-order chi connectivity index (χ0) is 13.7. The molecule has 1 aromatic carbocycles. The Labute approximate surface area is 114 Å². The van der Waals surface area contributed by atoms with Crippen molar-refractivity contribution in [2.75, 3.05) is 6.54 Å². The van der Waals surface area contributed by atoms with Gasteiger partial charge in [0.15, 0.2) is 0 Å². The SMILES string of the molecule is CC(CC1CC1)NC(=O)c1ccccc1C#CCN. The molecule has 100 valence electrons. The van der Waals surface area contributed by atoms with Gasteiger partial charge in [-0.3, -0.25) is 4.79 Å². The molecule has 1 aromatic rings. The predicted molar refractivity (Wildman–Crippen MR) is 76.6 cm³/mol. The van der Waals surface area contributed by atoms with Crippen molar-refractivity contribution < 1.29 is 4.79 Å². The number of hydrogen-bond acceptors (Lipinski definition) is 2. The van der Waals surface area contributed by atoms with Gasteiger partial charge in [0.2, 0.25) is 0 Å². The van der Waals surface area contributed by atoms with Crippen LogP contribution in [-0.4, -0.2) is 18.5 Å². The molecule has 1 aliphatic carbocycles. The molecular formula is C16H20N2O. The highest BCUT2D eigenvalue weighted by atomic mass is 16.1. The second-order valence-corrected chi connectivity index (χ2v) is 5.11. The molecule has 1 aliphatic rings. The predicted octanol–water partition coefficient (Wildman–Crippen LogP) is 1.92. The van der Waals surface area contributed by atoms with Gasteiger partial charge in [0.05, 0.1) is 12.1 Å². The van der Waals surface area contributed by atoms with Gasteiger partial charge < -0.3 is 11.1 Å². The average Bonchev–Trinajstić information content (AvgIpc) is 3.20. The van der Waals surface area contributed by atoms with E-state index in [2.05, 4.69) is 24.1 Å². The van der Waals surface area contributed by atoms with Crippen LogP contribution < -0.4 is 11.1 Å². The molecule has 0 radical (unpaired) electrons. The number of amides is 1. The van der Waals surface area contributed by atoms with Crippen LogP contribution in [0.1, 0.15) is 42.1 Å². The van der Waals surface area contributed by atoms with E-state index in [9.17, 15) is 4.79 Å². The van der Waals surface area contributed by atoms with E-state index >= 15 is 0 Å². The Morgan fingerprint density at radius 3 is 2.89 bits per heavy atom. The average molecular weight is 256 g/mol. The van der Waals surface area contributed by atoms with Crippen molar-refractivity contribution in [2.45, 2.75) is 32.2 Å². The van der Waals surface area contributed by atoms with Gasteiger partial charge in [-0.25, -0.2) is 0 Å². The van der Waals surface area contributed by atoms with E-state index in [0.29, 0.717) is 12.1 Å². The number of benzene rings is 1. The van der Waals surface area contributed by atoms with Crippen LogP contribution in [0.2, 0.25) is 0 Å². The molecule has 1 amide bonds. The summed E-state index contributed by atoms with van der Waals surface area (Å²) in [5.74, 6) is 6.50. The first-order valence-corrected chi connectivity index (χ1v) is 6.79. The van der Waals surface area contributed by atoms with Crippen molar-refractivity contribution in [3.05, 3.63) is 35.4 Å². The van der Waals surface area contributed by atoms with Gasteiger partial charge in [-0.1, -0.05) is 36.8 Å². The van der Waals surface area contributed by atoms with Crippen molar-refractivity contribution in [1.82, 2.24) is 5.32 Å². The normalized spacial score (nSPS) is 15.3. The number of hydrogen-bond donors (Lipinski definition) is 2. The highest BCUT2D eigenvalue weighted by Gasteiger charge is 2.24. The van der Waals surface area contributed by atoms with Gasteiger partial charge in [0, 0.05) is 11.6 Å². The third kappa shape index (κ3) is 4.11. The molecule has 19 heavy (non-hydrogen) atoms. The Morgan fingerprint density at radius 2 is 2.21 bits per heavy atom. The third-order valence-electron chi connectivity index (χ3n) is 3.26. The first kappa shape index (κ1) is 13.6. The molecule has 0 saturated heterocycles. The summed E-state index contributed by atoms with van der Waals surface area (Å²) in [4.78, 5) is 12.2. The van der Waals surface area contributed by atoms with E-state index in [0.717, 1.165) is 17.9 Å². The lowest BCUT2D eigenvalue weighted by atomic mass is 10.1. The van der Waals surface area contributed by atoms with Crippen LogP contribution in [0.25, 0.3) is 0 Å². The lowest BCUT2D eigenvalue weighted by Gasteiger charge is -2.14. The van der Waals surface area contributed by atoms with Crippen LogP contribution in [0.15, 0.2) is 24.3 Å². The summed E-state index contributed by atoms with van der Waals surface area (Å²) < 4.78 is 0. The smallest absolute Gasteiger partial charge is 0.252 e. The minimum absolute atomic E-state index is 0.0462. The fourth-order valence-corrected chi connectivity index (χ4v) is 2.15. The van der Waals surface area contributed by atoms with Crippen molar-refractivity contribution in [3.8, 4) is 11.8 Å². The molecule has 0 aliphatic heterocycles. The lowest BCUT2D eigenvalue weighted by Crippen LogP contribution is -2.33. The van der Waals surface area contributed by atoms with Gasteiger partial charge in [-0.15, -0.1) is 0 Å². The maximum absolute atomic E-state index is 12.2. The third-order valence-corrected chi connectivity index (χ3v) is 3.26. The standard InChI is InChI=1S/C16H20N2O/c1-12(11-13-8-9-13)18-16(19)15-7-3-2-5-14(15)6-4-10-17/h2-3,5,7,12-13H,8-11,17H2,1H3,(H,18,19). The molecule has 0 bridgehead atoms. The maximum atomic E-state index is 12.2. The summed E-state index contributed by atoms with van der Waals surface area (Å²) >= 11 is 0. The highest BCUT2D eigenvalue weighted by molar-refractivity contribution is 5.96. The zero-order valence-electron chi connectivity index (χ0n) is 11.3. The monoisotopic (exact) mass is 256 g/mol. The molecule has 1 saturated carbocycles. The molecular weight excluding hydrogens is 236 g/mol. The quantitative estimate of drug-likeness (QED) is 0.809. The van der Waals surface area contributed by atoms with Gasteiger partial charge in [0.1, 0.15) is 0 Å². The molecule has 3 N–H and O–H groups in total. The minimum Gasteiger partial charge on any atom is -0.350 e. The number of nitrogens with two attached hydrogens (primary N) is 1. The largest absolute Gasteiger partial charge is 0.350 e. The second-order valence-electron chi connectivity index (χ2n) is 5.11. The minimum atomic E-state index is -0.0462. The van der Waals surface area contributed by atoms with E-state index in [-0.39, 0.29) is 11.9 Å². The molecule has 1 unspecified atom stereocenters. The Bertz CT molecular complexity index is 509. The van der Waals surface area contributed by atoms with Crippen LogP contribution in [0.4, 0.5) is 0 Å². The van der Waals surface area contributed by atoms with E-state index < -0.39 is 0 Å². The first-order chi connectivity index (χ1) is 9.20. The van der Waals surface area contributed by atoms with E-state index in [1.54, 1.807) is 6.07 Å².